The molecule has 0 bridgehead atoms. The lowest BCUT2D eigenvalue weighted by molar-refractivity contribution is 0.596. The predicted molar refractivity (Wildman–Crippen MR) is 134 cm³/mol. The third-order valence-corrected chi connectivity index (χ3v) is 7.12. The van der Waals surface area contributed by atoms with Crippen LogP contribution in [0.2, 0.25) is 0 Å². The van der Waals surface area contributed by atoms with Crippen molar-refractivity contribution in [3.05, 3.63) is 120 Å². The summed E-state index contributed by atoms with van der Waals surface area (Å²) in [4.78, 5) is 0.680. The summed E-state index contributed by atoms with van der Waals surface area (Å²) in [6.07, 6.45) is 0. The molecule has 0 radical (unpaired) electrons. The number of hydrogen-bond donors (Lipinski definition) is 0. The van der Waals surface area contributed by atoms with Crippen LogP contribution in [0.25, 0.3) is 11.1 Å². The molecule has 0 unspecified atom stereocenters. The minimum Gasteiger partial charge on any atom is -0.219 e. The third kappa shape index (κ3) is 5.74. The zero-order valence-electron chi connectivity index (χ0n) is 19.1. The van der Waals surface area contributed by atoms with Crippen LogP contribution in [0.5, 0.6) is 0 Å². The summed E-state index contributed by atoms with van der Waals surface area (Å²) in [5.74, 6) is 0.571. The number of hydrogen-bond acceptors (Lipinski definition) is 2. The molecule has 2 nitrogen and oxygen atoms in total. The first-order chi connectivity index (χ1) is 15.3. The minimum atomic E-state index is -3.37. The molecular weight excluding hydrogens is 412 g/mol. The van der Waals surface area contributed by atoms with E-state index in [0.29, 0.717) is 15.7 Å². The van der Waals surface area contributed by atoms with Gasteiger partial charge in [0, 0.05) is 0 Å². The summed E-state index contributed by atoms with van der Waals surface area (Å²) >= 11 is 0. The molecule has 0 saturated carbocycles. The van der Waals surface area contributed by atoms with E-state index in [1.165, 1.54) is 16.7 Å². The Morgan fingerprint density at radius 1 is 0.562 bits per heavy atom. The summed E-state index contributed by atoms with van der Waals surface area (Å²) in [5.41, 5.74) is 6.18. The molecule has 3 heteroatoms. The molecule has 0 amide bonds. The van der Waals surface area contributed by atoms with Crippen LogP contribution >= 0.6 is 0 Å². The molecular formula is C29H30O2S. The lowest BCUT2D eigenvalue weighted by Crippen LogP contribution is -2.01. The van der Waals surface area contributed by atoms with Gasteiger partial charge in [-0.05, 0) is 60.7 Å². The Bertz CT molecular complexity index is 1190. The van der Waals surface area contributed by atoms with Crippen molar-refractivity contribution >= 4 is 9.84 Å². The van der Waals surface area contributed by atoms with Crippen LogP contribution in [0.3, 0.4) is 0 Å². The highest BCUT2D eigenvalue weighted by molar-refractivity contribution is 7.91. The molecule has 0 aliphatic heterocycles. The molecule has 32 heavy (non-hydrogen) atoms. The average Bonchev–Trinajstić information content (AvgIpc) is 2.81. The highest BCUT2D eigenvalue weighted by Crippen LogP contribution is 2.28. The average molecular weight is 443 g/mol. The molecule has 0 saturated heterocycles. The summed E-state index contributed by atoms with van der Waals surface area (Å²) < 4.78 is 24.5. The van der Waals surface area contributed by atoms with Crippen molar-refractivity contribution in [3.8, 4) is 11.1 Å². The first kappa shape index (κ1) is 23.5. The van der Waals surface area contributed by atoms with Crippen molar-refractivity contribution in [2.75, 3.05) is 0 Å². The molecule has 0 fully saturated rings. The second-order valence-corrected chi connectivity index (χ2v) is 10.2. The van der Waals surface area contributed by atoms with E-state index in [9.17, 15) is 8.42 Å². The molecule has 4 aromatic carbocycles. The Kier molecular flexibility index (Phi) is 7.66. The van der Waals surface area contributed by atoms with Gasteiger partial charge in [0.25, 0.3) is 0 Å². The zero-order chi connectivity index (χ0) is 23.1. The molecule has 0 aromatic heterocycles. The monoisotopic (exact) mass is 442 g/mol. The molecule has 0 spiro atoms. The van der Waals surface area contributed by atoms with Crippen LogP contribution in [-0.4, -0.2) is 8.42 Å². The van der Waals surface area contributed by atoms with Crippen LogP contribution in [0.1, 0.15) is 36.5 Å². The minimum absolute atomic E-state index is 0.340. The fourth-order valence-electron chi connectivity index (χ4n) is 3.45. The van der Waals surface area contributed by atoms with Gasteiger partial charge in [-0.3, -0.25) is 0 Å². The van der Waals surface area contributed by atoms with Gasteiger partial charge < -0.3 is 0 Å². The van der Waals surface area contributed by atoms with Gasteiger partial charge in [0.2, 0.25) is 9.84 Å². The smallest absolute Gasteiger partial charge is 0.206 e. The number of rotatable bonds is 4. The van der Waals surface area contributed by atoms with E-state index in [-0.39, 0.29) is 0 Å². The predicted octanol–water partition coefficient (Wildman–Crippen LogP) is 7.61. The van der Waals surface area contributed by atoms with Crippen molar-refractivity contribution in [2.45, 2.75) is 43.4 Å². The van der Waals surface area contributed by atoms with E-state index >= 15 is 0 Å². The molecule has 4 rings (SSSR count). The Balaban J connectivity index is 0.000000182. The van der Waals surface area contributed by atoms with Crippen LogP contribution in [0.4, 0.5) is 0 Å². The maximum absolute atomic E-state index is 12.3. The Labute approximate surface area is 192 Å². The van der Waals surface area contributed by atoms with Crippen molar-refractivity contribution in [1.82, 2.24) is 0 Å². The first-order valence-electron chi connectivity index (χ1n) is 10.8. The van der Waals surface area contributed by atoms with E-state index in [2.05, 4.69) is 68.4 Å². The van der Waals surface area contributed by atoms with E-state index in [0.717, 1.165) is 11.1 Å². The van der Waals surface area contributed by atoms with E-state index in [1.54, 1.807) is 48.5 Å². The van der Waals surface area contributed by atoms with Crippen molar-refractivity contribution in [1.29, 1.82) is 0 Å². The lowest BCUT2D eigenvalue weighted by Gasteiger charge is -2.12. The molecule has 0 N–H and O–H groups in total. The molecule has 164 valence electrons. The van der Waals surface area contributed by atoms with Gasteiger partial charge in [0.05, 0.1) is 9.79 Å². The van der Waals surface area contributed by atoms with E-state index in [1.807, 2.05) is 13.8 Å². The van der Waals surface area contributed by atoms with Gasteiger partial charge in [0.15, 0.2) is 0 Å². The van der Waals surface area contributed by atoms with E-state index < -0.39 is 9.84 Å². The van der Waals surface area contributed by atoms with Gasteiger partial charge >= 0.3 is 0 Å². The van der Waals surface area contributed by atoms with Crippen molar-refractivity contribution in [3.63, 3.8) is 0 Å². The largest absolute Gasteiger partial charge is 0.219 e. The summed E-state index contributed by atoms with van der Waals surface area (Å²) in [6.45, 7) is 8.34. The maximum atomic E-state index is 12.3. The fraction of sp³-hybridized carbons (Fsp3) is 0.172. The Morgan fingerprint density at radius 2 is 1.00 bits per heavy atom. The van der Waals surface area contributed by atoms with Crippen molar-refractivity contribution in [2.24, 2.45) is 0 Å². The second kappa shape index (κ2) is 10.4. The molecule has 0 aliphatic rings. The fourth-order valence-corrected chi connectivity index (χ4v) is 4.71. The number of benzene rings is 4. The Hall–Kier alpha value is -3.17. The topological polar surface area (TPSA) is 34.1 Å². The third-order valence-electron chi connectivity index (χ3n) is 5.33. The molecule has 0 heterocycles. The van der Waals surface area contributed by atoms with Gasteiger partial charge in [-0.2, -0.15) is 0 Å². The van der Waals surface area contributed by atoms with Gasteiger partial charge in [0.1, 0.15) is 0 Å². The second-order valence-electron chi connectivity index (χ2n) is 8.24. The summed E-state index contributed by atoms with van der Waals surface area (Å²) in [6, 6.07) is 33.0. The van der Waals surface area contributed by atoms with Crippen LogP contribution in [-0.2, 0) is 9.84 Å². The van der Waals surface area contributed by atoms with Crippen LogP contribution in [0.15, 0.2) is 113 Å². The molecule has 0 atom stereocenters. The number of aryl methyl sites for hydroxylation is 2. The maximum Gasteiger partial charge on any atom is 0.206 e. The van der Waals surface area contributed by atoms with Crippen molar-refractivity contribution < 1.29 is 8.42 Å². The molecule has 4 aromatic rings. The summed E-state index contributed by atoms with van der Waals surface area (Å²) in [7, 11) is -3.37. The SMILES string of the molecule is CC(C)c1ccccc1-c1ccccc1.Cc1ccc(S(=O)(=O)c2ccc(C)cc2)cc1. The summed E-state index contributed by atoms with van der Waals surface area (Å²) in [5, 5.41) is 0. The van der Waals surface area contributed by atoms with E-state index in [4.69, 9.17) is 0 Å². The Morgan fingerprint density at radius 3 is 1.47 bits per heavy atom. The van der Waals surface area contributed by atoms with Crippen LogP contribution in [0, 0.1) is 13.8 Å². The normalized spacial score (nSPS) is 11.0. The van der Waals surface area contributed by atoms with Crippen LogP contribution < -0.4 is 0 Å². The zero-order valence-corrected chi connectivity index (χ0v) is 19.9. The molecule has 0 aliphatic carbocycles. The quantitative estimate of drug-likeness (QED) is 0.326. The number of sulfone groups is 1. The van der Waals surface area contributed by atoms with Gasteiger partial charge in [-0.15, -0.1) is 0 Å². The standard InChI is InChI=1S/C15H16.C14H14O2S/c1-12(2)14-10-6-7-11-15(14)13-8-4-3-5-9-13;1-11-3-7-13(8-4-11)17(15,16)14-9-5-12(2)6-10-14/h3-12H,1-2H3;3-10H,1-2H3. The van der Waals surface area contributed by atoms with Gasteiger partial charge in [-0.1, -0.05) is 104 Å². The lowest BCUT2D eigenvalue weighted by atomic mass is 9.93. The highest BCUT2D eigenvalue weighted by Gasteiger charge is 2.16. The highest BCUT2D eigenvalue weighted by atomic mass is 32.2. The van der Waals surface area contributed by atoms with Gasteiger partial charge in [-0.25, -0.2) is 8.42 Å². The first-order valence-corrected chi connectivity index (χ1v) is 12.3.